The quantitative estimate of drug-likeness (QED) is 0.237. The highest BCUT2D eigenvalue weighted by Gasteiger charge is 2.00. The van der Waals surface area contributed by atoms with E-state index in [0.29, 0.717) is 0 Å². The van der Waals surface area contributed by atoms with Gasteiger partial charge in [0.15, 0.2) is 0 Å². The van der Waals surface area contributed by atoms with Gasteiger partial charge >= 0.3 is 0 Å². The number of nitrogens with zero attached hydrogens (tertiary/aromatic N) is 1. The van der Waals surface area contributed by atoms with Crippen LogP contribution in [0.5, 0.6) is 0 Å². The van der Waals surface area contributed by atoms with Gasteiger partial charge in [0.05, 0.1) is 20.6 Å². The normalized spacial score (nSPS) is 12.5. The van der Waals surface area contributed by atoms with E-state index in [1.54, 1.807) is 14.1 Å². The Labute approximate surface area is 102 Å². The van der Waals surface area contributed by atoms with Crippen molar-refractivity contribution in [2.24, 2.45) is 0 Å². The van der Waals surface area contributed by atoms with Crippen LogP contribution < -0.4 is 0 Å². The highest BCUT2D eigenvalue weighted by molar-refractivity contribution is 4.80. The lowest BCUT2D eigenvalue weighted by Crippen LogP contribution is -2.32. The zero-order chi connectivity index (χ0) is 12.3. The van der Waals surface area contributed by atoms with Crippen LogP contribution in [-0.2, 0) is 0 Å². The van der Waals surface area contributed by atoms with Crippen LogP contribution in [0.4, 0.5) is 0 Å². The van der Waals surface area contributed by atoms with Crippen LogP contribution in [0.3, 0.4) is 0 Å². The van der Waals surface area contributed by atoms with Crippen molar-refractivity contribution in [3.8, 4) is 0 Å². The van der Waals surface area contributed by atoms with Gasteiger partial charge < -0.3 is 9.85 Å². The minimum absolute atomic E-state index is 0.139. The van der Waals surface area contributed by atoms with Crippen LogP contribution in [0.2, 0.25) is 0 Å². The van der Waals surface area contributed by atoms with Crippen LogP contribution in [0, 0.1) is 5.21 Å². The first-order valence-electron chi connectivity index (χ1n) is 6.75. The number of rotatable bonds is 10. The van der Waals surface area contributed by atoms with Gasteiger partial charge in [0.1, 0.15) is 0 Å². The van der Waals surface area contributed by atoms with E-state index in [1.807, 2.05) is 0 Å². The van der Waals surface area contributed by atoms with E-state index in [4.69, 9.17) is 0 Å². The molecule has 0 aliphatic heterocycles. The molecule has 0 spiro atoms. The van der Waals surface area contributed by atoms with Crippen molar-refractivity contribution in [1.29, 1.82) is 0 Å². The Kier molecular flexibility index (Phi) is 9.65. The maximum atomic E-state index is 11.3. The van der Waals surface area contributed by atoms with Crippen molar-refractivity contribution in [2.75, 3.05) is 20.6 Å². The molecule has 96 valence electrons. The molecule has 0 unspecified atom stereocenters. The minimum atomic E-state index is -0.139. The molecule has 0 heterocycles. The first-order valence-corrected chi connectivity index (χ1v) is 6.75. The standard InChI is InChI=1S/C14H29NO/c1-4-5-6-7-8-9-10-11-12-13-14-15(2,3)16/h6-7H,4-5,8-14H2,1-3H3. The fraction of sp³-hybridized carbons (Fsp3) is 0.857. The Bertz CT molecular complexity index is 170. The fourth-order valence-corrected chi connectivity index (χ4v) is 1.69. The minimum Gasteiger partial charge on any atom is -0.633 e. The Morgan fingerprint density at radius 2 is 1.44 bits per heavy atom. The first-order chi connectivity index (χ1) is 7.56. The first kappa shape index (κ1) is 15.7. The third-order valence-electron chi connectivity index (χ3n) is 2.69. The number of hydroxylamine groups is 3. The molecule has 0 atom stereocenters. The Morgan fingerprint density at radius 1 is 0.875 bits per heavy atom. The van der Waals surface area contributed by atoms with E-state index in [1.165, 1.54) is 44.9 Å². The topological polar surface area (TPSA) is 23.1 Å². The van der Waals surface area contributed by atoms with Crippen LogP contribution >= 0.6 is 0 Å². The Morgan fingerprint density at radius 3 is 2.06 bits per heavy atom. The van der Waals surface area contributed by atoms with Crippen LogP contribution in [0.15, 0.2) is 12.2 Å². The summed E-state index contributed by atoms with van der Waals surface area (Å²) in [5, 5.41) is 11.3. The third-order valence-corrected chi connectivity index (χ3v) is 2.69. The molecular weight excluding hydrogens is 198 g/mol. The van der Waals surface area contributed by atoms with E-state index in [2.05, 4.69) is 19.1 Å². The largest absolute Gasteiger partial charge is 0.633 e. The summed E-state index contributed by atoms with van der Waals surface area (Å²) < 4.78 is -0.139. The molecule has 0 aliphatic rings. The second-order valence-electron chi connectivity index (χ2n) is 5.11. The smallest absolute Gasteiger partial charge is 0.0779 e. The number of allylic oxidation sites excluding steroid dienone is 2. The van der Waals surface area contributed by atoms with E-state index in [-0.39, 0.29) is 4.65 Å². The summed E-state index contributed by atoms with van der Waals surface area (Å²) in [5.41, 5.74) is 0. The predicted molar refractivity (Wildman–Crippen MR) is 72.1 cm³/mol. The van der Waals surface area contributed by atoms with Gasteiger partial charge in [-0.3, -0.25) is 0 Å². The highest BCUT2D eigenvalue weighted by Crippen LogP contribution is 2.08. The van der Waals surface area contributed by atoms with Crippen molar-refractivity contribution >= 4 is 0 Å². The average Bonchev–Trinajstić information content (AvgIpc) is 2.19. The molecule has 0 amide bonds. The second kappa shape index (κ2) is 9.86. The summed E-state index contributed by atoms with van der Waals surface area (Å²) in [4.78, 5) is 0. The molecule has 16 heavy (non-hydrogen) atoms. The molecule has 0 aromatic carbocycles. The lowest BCUT2D eigenvalue weighted by atomic mass is 10.1. The number of unbranched alkanes of at least 4 members (excludes halogenated alkanes) is 6. The number of hydrogen-bond donors (Lipinski definition) is 0. The van der Waals surface area contributed by atoms with Crippen LogP contribution in [0.1, 0.15) is 58.3 Å². The van der Waals surface area contributed by atoms with Crippen molar-refractivity contribution in [2.45, 2.75) is 58.3 Å². The maximum Gasteiger partial charge on any atom is 0.0779 e. The molecule has 2 nitrogen and oxygen atoms in total. The van der Waals surface area contributed by atoms with Crippen molar-refractivity contribution < 1.29 is 4.65 Å². The molecule has 0 bridgehead atoms. The molecule has 0 aliphatic carbocycles. The van der Waals surface area contributed by atoms with Gasteiger partial charge in [-0.2, -0.15) is 0 Å². The predicted octanol–water partition coefficient (Wildman–Crippen LogP) is 4.26. The van der Waals surface area contributed by atoms with Gasteiger partial charge in [-0.05, 0) is 32.1 Å². The van der Waals surface area contributed by atoms with E-state index in [0.717, 1.165) is 13.0 Å². The van der Waals surface area contributed by atoms with Gasteiger partial charge in [0, 0.05) is 0 Å². The molecule has 0 aromatic heterocycles. The molecule has 0 saturated carbocycles. The van der Waals surface area contributed by atoms with E-state index in [9.17, 15) is 5.21 Å². The lowest BCUT2D eigenvalue weighted by molar-refractivity contribution is -0.840. The molecule has 0 N–H and O–H groups in total. The molecular formula is C14H29NO. The summed E-state index contributed by atoms with van der Waals surface area (Å²) in [6.45, 7) is 2.97. The Hall–Kier alpha value is -0.340. The van der Waals surface area contributed by atoms with Crippen LogP contribution in [-0.4, -0.2) is 25.3 Å². The maximum absolute atomic E-state index is 11.3. The van der Waals surface area contributed by atoms with E-state index < -0.39 is 0 Å². The van der Waals surface area contributed by atoms with Crippen molar-refractivity contribution in [3.63, 3.8) is 0 Å². The molecule has 0 fully saturated rings. The molecule has 0 rings (SSSR count). The lowest BCUT2D eigenvalue weighted by Gasteiger charge is -2.33. The molecule has 2 heteroatoms. The SMILES string of the molecule is CCCC=CCCCCCCC[N+](C)(C)[O-]. The molecule has 0 aromatic rings. The summed E-state index contributed by atoms with van der Waals surface area (Å²) in [5.74, 6) is 0. The molecule has 0 saturated heterocycles. The second-order valence-corrected chi connectivity index (χ2v) is 5.11. The average molecular weight is 227 g/mol. The summed E-state index contributed by atoms with van der Waals surface area (Å²) in [6.07, 6.45) is 14.5. The zero-order valence-electron chi connectivity index (χ0n) is 11.4. The third kappa shape index (κ3) is 13.7. The summed E-state index contributed by atoms with van der Waals surface area (Å²) >= 11 is 0. The summed E-state index contributed by atoms with van der Waals surface area (Å²) in [7, 11) is 3.44. The number of hydrogen-bond acceptors (Lipinski definition) is 1. The van der Waals surface area contributed by atoms with E-state index >= 15 is 0 Å². The molecule has 0 radical (unpaired) electrons. The van der Waals surface area contributed by atoms with Gasteiger partial charge in [-0.1, -0.05) is 38.3 Å². The van der Waals surface area contributed by atoms with Crippen molar-refractivity contribution in [1.82, 2.24) is 0 Å². The monoisotopic (exact) mass is 227 g/mol. The fourth-order valence-electron chi connectivity index (χ4n) is 1.69. The zero-order valence-corrected chi connectivity index (χ0v) is 11.4. The number of quaternary nitrogens is 1. The van der Waals surface area contributed by atoms with Gasteiger partial charge in [0.25, 0.3) is 0 Å². The summed E-state index contributed by atoms with van der Waals surface area (Å²) in [6, 6.07) is 0. The van der Waals surface area contributed by atoms with Gasteiger partial charge in [-0.25, -0.2) is 0 Å². The highest BCUT2D eigenvalue weighted by atomic mass is 16.5. The Balaban J connectivity index is 3.10. The van der Waals surface area contributed by atoms with Crippen molar-refractivity contribution in [3.05, 3.63) is 17.4 Å². The van der Waals surface area contributed by atoms with Gasteiger partial charge in [-0.15, -0.1) is 0 Å². The van der Waals surface area contributed by atoms with Crippen LogP contribution in [0.25, 0.3) is 0 Å². The van der Waals surface area contributed by atoms with Gasteiger partial charge in [0.2, 0.25) is 0 Å².